The Hall–Kier alpha value is -4.12. The van der Waals surface area contributed by atoms with Gasteiger partial charge in [-0.05, 0) is 50.0 Å². The van der Waals surface area contributed by atoms with Crippen LogP contribution >= 0.6 is 0 Å². The molecule has 1 saturated heterocycles. The molecule has 0 radical (unpaired) electrons. The molecule has 34 heavy (non-hydrogen) atoms. The number of benzene rings is 2. The summed E-state index contributed by atoms with van der Waals surface area (Å²) < 4.78 is 5.63. The molecule has 0 bridgehead atoms. The molecule has 2 N–H and O–H groups in total. The number of imide groups is 2. The lowest BCUT2D eigenvalue weighted by molar-refractivity contribution is -0.136. The van der Waals surface area contributed by atoms with E-state index in [2.05, 4.69) is 15.8 Å². The van der Waals surface area contributed by atoms with Gasteiger partial charge in [-0.15, -0.1) is 4.91 Å². The maximum Gasteiger partial charge on any atom is 0.264 e. The summed E-state index contributed by atoms with van der Waals surface area (Å²) in [5.74, 6) is -1.92. The van der Waals surface area contributed by atoms with Gasteiger partial charge in [0.2, 0.25) is 11.8 Å². The molecule has 0 aliphatic carbocycles. The van der Waals surface area contributed by atoms with Crippen molar-refractivity contribution < 1.29 is 23.9 Å². The second-order valence-electron chi connectivity index (χ2n) is 8.22. The van der Waals surface area contributed by atoms with Gasteiger partial charge in [0.15, 0.2) is 0 Å². The van der Waals surface area contributed by atoms with Gasteiger partial charge in [-0.2, -0.15) is 0 Å². The zero-order valence-corrected chi connectivity index (χ0v) is 18.7. The lowest BCUT2D eigenvalue weighted by atomic mass is 10.0. The van der Waals surface area contributed by atoms with Crippen molar-refractivity contribution in [2.24, 2.45) is 5.18 Å². The largest absolute Gasteiger partial charge is 0.492 e. The van der Waals surface area contributed by atoms with Crippen molar-refractivity contribution >= 4 is 40.7 Å². The first kappa shape index (κ1) is 23.1. The number of fused-ring (bicyclic) bond motifs is 1. The summed E-state index contributed by atoms with van der Waals surface area (Å²) in [5.41, 5.74) is 0.892. The zero-order chi connectivity index (χ0) is 24.4. The molecule has 2 aromatic rings. The molecule has 11 heteroatoms. The molecule has 0 saturated carbocycles. The number of likely N-dealkylation sites (N-methyl/N-ethyl adjacent to an activating group) is 1. The van der Waals surface area contributed by atoms with Crippen LogP contribution in [0.2, 0.25) is 0 Å². The van der Waals surface area contributed by atoms with Gasteiger partial charge < -0.3 is 15.0 Å². The molecule has 4 rings (SSSR count). The van der Waals surface area contributed by atoms with Crippen LogP contribution in [0.25, 0.3) is 0 Å². The minimum Gasteiger partial charge on any atom is -0.492 e. The fraction of sp³-hybridized carbons (Fsp3) is 0.304. The van der Waals surface area contributed by atoms with Crippen molar-refractivity contribution in [1.82, 2.24) is 15.1 Å². The smallest absolute Gasteiger partial charge is 0.264 e. The molecule has 4 amide bonds. The van der Waals surface area contributed by atoms with E-state index < -0.39 is 29.7 Å². The van der Waals surface area contributed by atoms with Gasteiger partial charge in [-0.1, -0.05) is 6.07 Å². The van der Waals surface area contributed by atoms with Gasteiger partial charge in [0.1, 0.15) is 24.1 Å². The third-order valence-corrected chi connectivity index (χ3v) is 5.61. The van der Waals surface area contributed by atoms with Crippen LogP contribution in [0, 0.1) is 4.91 Å². The Bertz CT molecular complexity index is 1190. The topological polar surface area (TPSA) is 137 Å². The van der Waals surface area contributed by atoms with Gasteiger partial charge in [0.25, 0.3) is 11.8 Å². The van der Waals surface area contributed by atoms with Crippen LogP contribution in [0.4, 0.5) is 17.1 Å². The summed E-state index contributed by atoms with van der Waals surface area (Å²) in [7, 11) is 3.83. The standard InChI is InChI=1S/C23H23N5O6/c1-27(2)10-11-34-13-6-7-15(17(12-13)26-33)24-16-5-3-4-14-20(16)23(32)28(22(14)31)18-8-9-19(29)25-21(18)30/h3-7,12,18,24H,8-11H2,1-2H3,(H,25,29,30). The number of carbonyl (C=O) groups excluding carboxylic acids is 4. The highest BCUT2D eigenvalue weighted by molar-refractivity contribution is 6.25. The number of anilines is 2. The average Bonchev–Trinajstić information content (AvgIpc) is 3.05. The first-order chi connectivity index (χ1) is 16.3. The minimum atomic E-state index is -1.07. The maximum atomic E-state index is 13.2. The minimum absolute atomic E-state index is 0.0340. The predicted molar refractivity (Wildman–Crippen MR) is 122 cm³/mol. The van der Waals surface area contributed by atoms with Crippen molar-refractivity contribution in [2.75, 3.05) is 32.6 Å². The quantitative estimate of drug-likeness (QED) is 0.447. The van der Waals surface area contributed by atoms with E-state index in [9.17, 15) is 24.1 Å². The Morgan fingerprint density at radius 2 is 1.91 bits per heavy atom. The van der Waals surface area contributed by atoms with E-state index >= 15 is 0 Å². The van der Waals surface area contributed by atoms with E-state index in [-0.39, 0.29) is 35.3 Å². The van der Waals surface area contributed by atoms with Crippen molar-refractivity contribution in [1.29, 1.82) is 0 Å². The number of nitrogens with one attached hydrogen (secondary N) is 2. The molecule has 11 nitrogen and oxygen atoms in total. The third-order valence-electron chi connectivity index (χ3n) is 5.61. The fourth-order valence-corrected chi connectivity index (χ4v) is 3.89. The molecular weight excluding hydrogens is 442 g/mol. The third kappa shape index (κ3) is 4.37. The van der Waals surface area contributed by atoms with Gasteiger partial charge in [0.05, 0.1) is 22.5 Å². The summed E-state index contributed by atoms with van der Waals surface area (Å²) in [4.78, 5) is 64.3. The van der Waals surface area contributed by atoms with Crippen LogP contribution in [-0.4, -0.2) is 66.7 Å². The monoisotopic (exact) mass is 465 g/mol. The Balaban J connectivity index is 1.59. The molecule has 0 aromatic heterocycles. The number of carbonyl (C=O) groups is 4. The van der Waals surface area contributed by atoms with Crippen LogP contribution in [0.1, 0.15) is 33.6 Å². The van der Waals surface area contributed by atoms with Crippen LogP contribution in [0.5, 0.6) is 5.75 Å². The Morgan fingerprint density at radius 1 is 1.12 bits per heavy atom. The van der Waals surface area contributed by atoms with Crippen molar-refractivity contribution in [3.05, 3.63) is 52.4 Å². The lowest BCUT2D eigenvalue weighted by Gasteiger charge is -2.27. The van der Waals surface area contributed by atoms with E-state index in [1.165, 1.54) is 12.1 Å². The molecule has 1 fully saturated rings. The van der Waals surface area contributed by atoms with Crippen molar-refractivity contribution in [3.8, 4) is 5.75 Å². The second-order valence-corrected chi connectivity index (χ2v) is 8.22. The first-order valence-corrected chi connectivity index (χ1v) is 10.7. The first-order valence-electron chi connectivity index (χ1n) is 10.7. The van der Waals surface area contributed by atoms with Gasteiger partial charge in [0, 0.05) is 19.0 Å². The second kappa shape index (κ2) is 9.40. The normalized spacial score (nSPS) is 17.6. The number of nitroso groups, excluding NO2 is 1. The average molecular weight is 465 g/mol. The van der Waals surface area contributed by atoms with E-state index in [0.29, 0.717) is 24.6 Å². The van der Waals surface area contributed by atoms with Crippen LogP contribution in [0.15, 0.2) is 41.6 Å². The molecule has 1 unspecified atom stereocenters. The predicted octanol–water partition coefficient (Wildman–Crippen LogP) is 2.17. The number of hydrogen-bond acceptors (Lipinski definition) is 9. The van der Waals surface area contributed by atoms with Gasteiger partial charge >= 0.3 is 0 Å². The SMILES string of the molecule is CN(C)CCOc1ccc(Nc2cccc3c2C(=O)N(C2CCC(=O)NC2=O)C3=O)c(N=O)c1. The maximum absolute atomic E-state index is 13.2. The lowest BCUT2D eigenvalue weighted by Crippen LogP contribution is -2.54. The Labute approximate surface area is 195 Å². The zero-order valence-electron chi connectivity index (χ0n) is 18.7. The molecule has 1 atom stereocenters. The van der Waals surface area contributed by atoms with E-state index in [1.807, 2.05) is 19.0 Å². The summed E-state index contributed by atoms with van der Waals surface area (Å²) in [6.45, 7) is 1.12. The van der Waals surface area contributed by atoms with Crippen molar-refractivity contribution in [2.45, 2.75) is 18.9 Å². The molecule has 2 aromatic carbocycles. The molecule has 2 heterocycles. The molecule has 0 spiro atoms. The Kier molecular flexibility index (Phi) is 6.37. The number of rotatable bonds is 8. The number of ether oxygens (including phenoxy) is 1. The highest BCUT2D eigenvalue weighted by Gasteiger charge is 2.45. The number of amides is 4. The summed E-state index contributed by atoms with van der Waals surface area (Å²) in [5, 5.41) is 8.23. The molecule has 176 valence electrons. The van der Waals surface area contributed by atoms with E-state index in [4.69, 9.17) is 4.74 Å². The fourth-order valence-electron chi connectivity index (χ4n) is 3.89. The molecule has 2 aliphatic rings. The highest BCUT2D eigenvalue weighted by atomic mass is 16.5. The number of nitrogens with zero attached hydrogens (tertiary/aromatic N) is 3. The van der Waals surface area contributed by atoms with Crippen molar-refractivity contribution in [3.63, 3.8) is 0 Å². The summed E-state index contributed by atoms with van der Waals surface area (Å²) >= 11 is 0. The van der Waals surface area contributed by atoms with Crippen LogP contribution in [-0.2, 0) is 9.59 Å². The molecular formula is C23H23N5O6. The highest BCUT2D eigenvalue weighted by Crippen LogP contribution is 2.37. The van der Waals surface area contributed by atoms with Crippen LogP contribution < -0.4 is 15.4 Å². The summed E-state index contributed by atoms with van der Waals surface area (Å²) in [6, 6.07) is 8.35. The van der Waals surface area contributed by atoms with Gasteiger partial charge in [-0.25, -0.2) is 0 Å². The van der Waals surface area contributed by atoms with Gasteiger partial charge in [-0.3, -0.25) is 29.4 Å². The Morgan fingerprint density at radius 3 is 2.62 bits per heavy atom. The molecule has 2 aliphatic heterocycles. The number of hydrogen-bond donors (Lipinski definition) is 2. The van der Waals surface area contributed by atoms with E-state index in [0.717, 1.165) is 4.90 Å². The number of piperidine rings is 1. The van der Waals surface area contributed by atoms with E-state index in [1.54, 1.807) is 24.3 Å². The summed E-state index contributed by atoms with van der Waals surface area (Å²) in [6.07, 6.45) is 0.0969. The van der Waals surface area contributed by atoms with Crippen LogP contribution in [0.3, 0.4) is 0 Å².